The Bertz CT molecular complexity index is 1020. The van der Waals surface area contributed by atoms with Crippen molar-refractivity contribution < 1.29 is 0 Å². The smallest absolute Gasteiger partial charge is 0.186 e. The van der Waals surface area contributed by atoms with E-state index in [9.17, 15) is 0 Å². The lowest BCUT2D eigenvalue weighted by Crippen LogP contribution is -2.38. The molecular weight excluding hydrogens is 367 g/mol. The molecule has 0 radical (unpaired) electrons. The molecule has 0 atom stereocenters. The first kappa shape index (κ1) is 17.9. The molecule has 0 amide bonds. The molecule has 0 fully saturated rings. The van der Waals surface area contributed by atoms with Gasteiger partial charge in [-0.05, 0) is 55.8 Å². The minimum absolute atomic E-state index is 0.631. The highest BCUT2D eigenvalue weighted by Gasteiger charge is 2.50. The van der Waals surface area contributed by atoms with Crippen molar-refractivity contribution in [3.8, 4) is 0 Å². The molecule has 1 aromatic heterocycles. The molecule has 2 N–H and O–H groups in total. The minimum atomic E-state index is -2.07. The third kappa shape index (κ3) is 3.07. The lowest BCUT2D eigenvalue weighted by atomic mass is 10.2. The largest absolute Gasteiger partial charge is 0.375 e. The van der Waals surface area contributed by atoms with Crippen LogP contribution in [0.4, 0.5) is 5.13 Å². The molecule has 4 aromatic rings. The molecule has 134 valence electrons. The average molecular weight is 389 g/mol. The van der Waals surface area contributed by atoms with Crippen LogP contribution in [0.2, 0.25) is 0 Å². The van der Waals surface area contributed by atoms with Gasteiger partial charge in [0.15, 0.2) is 17.0 Å². The summed E-state index contributed by atoms with van der Waals surface area (Å²) in [7, 11) is -2.07. The Kier molecular flexibility index (Phi) is 4.82. The number of hydrogen-bond donors (Lipinski definition) is 1. The van der Waals surface area contributed by atoms with Gasteiger partial charge in [-0.2, -0.15) is 0 Å². The van der Waals surface area contributed by atoms with Crippen LogP contribution in [-0.2, 0) is 0 Å². The minimum Gasteiger partial charge on any atom is -0.375 e. The molecule has 1 heterocycles. The van der Waals surface area contributed by atoms with Gasteiger partial charge in [0.1, 0.15) is 15.9 Å². The molecule has 0 bridgehead atoms. The zero-order valence-electron chi connectivity index (χ0n) is 15.5. The molecule has 0 aliphatic rings. The first-order chi connectivity index (χ1) is 13.1. The van der Waals surface area contributed by atoms with Gasteiger partial charge < -0.3 is 5.73 Å². The van der Waals surface area contributed by atoms with E-state index in [0.29, 0.717) is 5.13 Å². The first-order valence-electron chi connectivity index (χ1n) is 8.93. The summed E-state index contributed by atoms with van der Waals surface area (Å²) in [5, 5.41) is 4.63. The molecule has 0 aliphatic heterocycles. The van der Waals surface area contributed by atoms with Crippen LogP contribution < -0.4 is 26.3 Å². The summed E-state index contributed by atoms with van der Waals surface area (Å²) >= 11 is 1.63. The van der Waals surface area contributed by atoms with Gasteiger partial charge in [0.2, 0.25) is 0 Å². The number of rotatable bonds is 4. The highest BCUT2D eigenvalue weighted by Crippen LogP contribution is 2.56. The molecule has 0 saturated carbocycles. The van der Waals surface area contributed by atoms with Crippen LogP contribution in [0.3, 0.4) is 0 Å². The van der Waals surface area contributed by atoms with Crippen molar-refractivity contribution in [2.75, 3.05) is 5.73 Å². The number of nitrogens with zero attached hydrogens (tertiary/aromatic N) is 1. The highest BCUT2D eigenvalue weighted by molar-refractivity contribution is 8.04. The fourth-order valence-corrected chi connectivity index (χ4v) is 10.1. The van der Waals surface area contributed by atoms with Crippen molar-refractivity contribution in [1.82, 2.24) is 4.98 Å². The van der Waals surface area contributed by atoms with Gasteiger partial charge in [-0.25, -0.2) is 4.98 Å². The third-order valence-corrected chi connectivity index (χ3v) is 10.8. The number of benzene rings is 3. The van der Waals surface area contributed by atoms with E-state index < -0.39 is 7.26 Å². The second-order valence-electron chi connectivity index (χ2n) is 6.62. The van der Waals surface area contributed by atoms with Crippen LogP contribution in [0.1, 0.15) is 11.3 Å². The van der Waals surface area contributed by atoms with Crippen molar-refractivity contribution in [3.63, 3.8) is 0 Å². The fourth-order valence-electron chi connectivity index (χ4n) is 3.66. The summed E-state index contributed by atoms with van der Waals surface area (Å²) in [6.07, 6.45) is 0. The van der Waals surface area contributed by atoms with Crippen LogP contribution in [-0.4, -0.2) is 4.98 Å². The molecule has 0 saturated heterocycles. The van der Waals surface area contributed by atoms with Crippen LogP contribution in [0, 0.1) is 13.8 Å². The van der Waals surface area contributed by atoms with E-state index >= 15 is 0 Å². The van der Waals surface area contributed by atoms with Crippen LogP contribution in [0.5, 0.6) is 0 Å². The highest BCUT2D eigenvalue weighted by atomic mass is 32.1. The Morgan fingerprint density at radius 2 is 1.30 bits per heavy atom. The second-order valence-corrected chi connectivity index (χ2v) is 11.3. The Morgan fingerprint density at radius 1 is 0.741 bits per heavy atom. The van der Waals surface area contributed by atoms with Crippen LogP contribution >= 0.6 is 18.6 Å². The van der Waals surface area contributed by atoms with Crippen molar-refractivity contribution in [3.05, 3.63) is 96.2 Å². The van der Waals surface area contributed by atoms with E-state index in [1.54, 1.807) is 11.3 Å². The predicted octanol–water partition coefficient (Wildman–Crippen LogP) is 3.96. The van der Waals surface area contributed by atoms with Gasteiger partial charge in [0.25, 0.3) is 0 Å². The summed E-state index contributed by atoms with van der Waals surface area (Å²) < 4.78 is 1.28. The zero-order chi connectivity index (χ0) is 18.9. The topological polar surface area (TPSA) is 38.9 Å². The lowest BCUT2D eigenvalue weighted by molar-refractivity contribution is 1.29. The molecule has 0 unspecified atom stereocenters. The fraction of sp³-hybridized carbons (Fsp3) is 0.0870. The molecule has 0 aliphatic carbocycles. The van der Waals surface area contributed by atoms with Gasteiger partial charge in [0.05, 0.1) is 5.69 Å². The molecular formula is C23H22N2PS+. The third-order valence-electron chi connectivity index (χ3n) is 4.77. The Hall–Kier alpha value is -2.48. The number of aromatic nitrogens is 1. The Labute approximate surface area is 165 Å². The molecule has 27 heavy (non-hydrogen) atoms. The summed E-state index contributed by atoms with van der Waals surface area (Å²) in [4.78, 5) is 4.60. The van der Waals surface area contributed by atoms with E-state index in [0.717, 1.165) is 5.69 Å². The average Bonchev–Trinajstić information content (AvgIpc) is 3.03. The van der Waals surface area contributed by atoms with Gasteiger partial charge in [0, 0.05) is 0 Å². The van der Waals surface area contributed by atoms with Crippen molar-refractivity contribution in [2.24, 2.45) is 0 Å². The second kappa shape index (κ2) is 7.26. The van der Waals surface area contributed by atoms with Gasteiger partial charge in [-0.1, -0.05) is 59.9 Å². The SMILES string of the molecule is Cc1cccc([P+](c2ccccc2)(c2ccccc2)c2sc(N)nc2C)c1. The van der Waals surface area contributed by atoms with Gasteiger partial charge in [-0.15, -0.1) is 0 Å². The maximum absolute atomic E-state index is 6.17. The number of hydrogen-bond acceptors (Lipinski definition) is 3. The maximum Gasteiger partial charge on any atom is 0.186 e. The Balaban J connectivity index is 2.17. The lowest BCUT2D eigenvalue weighted by Gasteiger charge is -2.26. The number of nitrogen functional groups attached to an aromatic ring is 1. The summed E-state index contributed by atoms with van der Waals surface area (Å²) in [5.41, 5.74) is 8.46. The summed E-state index contributed by atoms with van der Waals surface area (Å²) in [6.45, 7) is 4.24. The standard InChI is InChI=1S/C23H22N2PS/c1-17-10-9-15-21(16-17)26(19-11-5-3-6-12-19,20-13-7-4-8-14-20)22-18(2)25-23(24)27-22/h3-16H,1-2H3,(H2,24,25)/q+1. The van der Waals surface area contributed by atoms with Gasteiger partial charge in [-0.3, -0.25) is 0 Å². The van der Waals surface area contributed by atoms with E-state index in [1.807, 2.05) is 0 Å². The normalized spacial score (nSPS) is 11.5. The van der Waals surface area contributed by atoms with Crippen molar-refractivity contribution in [2.45, 2.75) is 13.8 Å². The van der Waals surface area contributed by atoms with Crippen LogP contribution in [0.25, 0.3) is 0 Å². The predicted molar refractivity (Wildman–Crippen MR) is 121 cm³/mol. The molecule has 3 aromatic carbocycles. The number of nitrogens with two attached hydrogens (primary N) is 1. The summed E-state index contributed by atoms with van der Waals surface area (Å²) in [6, 6.07) is 30.6. The molecule has 4 rings (SSSR count). The van der Waals surface area contributed by atoms with E-state index in [2.05, 4.69) is 104 Å². The summed E-state index contributed by atoms with van der Waals surface area (Å²) in [5.74, 6) is 0. The van der Waals surface area contributed by atoms with Gasteiger partial charge >= 0.3 is 0 Å². The van der Waals surface area contributed by atoms with E-state index in [4.69, 9.17) is 5.73 Å². The van der Waals surface area contributed by atoms with E-state index in [1.165, 1.54) is 26.1 Å². The number of anilines is 1. The quantitative estimate of drug-likeness (QED) is 0.537. The van der Waals surface area contributed by atoms with Crippen molar-refractivity contribution >= 4 is 44.3 Å². The van der Waals surface area contributed by atoms with Crippen molar-refractivity contribution in [1.29, 1.82) is 0 Å². The maximum atomic E-state index is 6.17. The Morgan fingerprint density at radius 3 is 1.78 bits per heavy atom. The zero-order valence-corrected chi connectivity index (χ0v) is 17.2. The molecule has 0 spiro atoms. The number of thiazole rings is 1. The number of aryl methyl sites for hydroxylation is 2. The molecule has 4 heteroatoms. The monoisotopic (exact) mass is 389 g/mol. The molecule has 2 nitrogen and oxygen atoms in total. The first-order valence-corrected chi connectivity index (χ1v) is 11.5. The van der Waals surface area contributed by atoms with E-state index in [-0.39, 0.29) is 0 Å². The van der Waals surface area contributed by atoms with Crippen LogP contribution in [0.15, 0.2) is 84.9 Å².